The predicted octanol–water partition coefficient (Wildman–Crippen LogP) is 2.54. The van der Waals surface area contributed by atoms with Crippen molar-refractivity contribution in [2.75, 3.05) is 23.7 Å². The molecule has 6 rings (SSSR count). The number of nitrogens with zero attached hydrogens (tertiary/aromatic N) is 6. The smallest absolute Gasteiger partial charge is 0.211 e. The lowest BCUT2D eigenvalue weighted by Gasteiger charge is -2.42. The van der Waals surface area contributed by atoms with Crippen LogP contribution in [0.2, 0.25) is 5.02 Å². The third kappa shape index (κ3) is 3.43. The molecular weight excluding hydrogens is 467 g/mol. The number of hydrogen-bond donors (Lipinski definition) is 2. The maximum absolute atomic E-state index is 6.72. The van der Waals surface area contributed by atoms with Gasteiger partial charge in [-0.2, -0.15) is 0 Å². The lowest BCUT2D eigenvalue weighted by Crippen LogP contribution is -2.45. The van der Waals surface area contributed by atoms with Gasteiger partial charge in [0, 0.05) is 54.5 Å². The summed E-state index contributed by atoms with van der Waals surface area (Å²) in [6, 6.07) is 5.71. The molecule has 1 atom stereocenters. The Hall–Kier alpha value is -2.82. The summed E-state index contributed by atoms with van der Waals surface area (Å²) >= 11 is 7.83. The fourth-order valence-corrected chi connectivity index (χ4v) is 6.33. The molecule has 0 bridgehead atoms. The third-order valence-corrected chi connectivity index (χ3v) is 8.64. The molecule has 2 radical (unpaired) electrons. The first-order chi connectivity index (χ1) is 16.4. The summed E-state index contributed by atoms with van der Waals surface area (Å²) in [4.78, 5) is 22.0. The molecule has 1 aliphatic carbocycles. The van der Waals surface area contributed by atoms with Crippen LogP contribution in [0.5, 0.6) is 0 Å². The fraction of sp³-hybridized carbons (Fsp3) is 0.304. The van der Waals surface area contributed by atoms with Gasteiger partial charge < -0.3 is 16.4 Å². The summed E-state index contributed by atoms with van der Waals surface area (Å²) in [5.41, 5.74) is 16.2. The van der Waals surface area contributed by atoms with Crippen LogP contribution in [0.1, 0.15) is 30.1 Å². The minimum absolute atomic E-state index is 0.0154. The second kappa shape index (κ2) is 8.14. The van der Waals surface area contributed by atoms with E-state index in [1.165, 1.54) is 11.8 Å². The van der Waals surface area contributed by atoms with Crippen molar-refractivity contribution in [3.63, 3.8) is 0 Å². The highest BCUT2D eigenvalue weighted by atomic mass is 35.5. The Balaban J connectivity index is 1.25. The second-order valence-corrected chi connectivity index (χ2v) is 10.4. The number of rotatable bonds is 3. The van der Waals surface area contributed by atoms with Gasteiger partial charge in [0.25, 0.3) is 0 Å². The van der Waals surface area contributed by atoms with Gasteiger partial charge in [0.05, 0.1) is 9.92 Å². The molecule has 8 nitrogen and oxygen atoms in total. The highest BCUT2D eigenvalue weighted by Gasteiger charge is 2.47. The Morgan fingerprint density at radius 3 is 2.74 bits per heavy atom. The first kappa shape index (κ1) is 21.7. The normalized spacial score (nSPS) is 19.1. The van der Waals surface area contributed by atoms with Crippen molar-refractivity contribution >= 4 is 54.2 Å². The molecule has 1 saturated heterocycles. The molecule has 11 heteroatoms. The van der Waals surface area contributed by atoms with E-state index in [4.69, 9.17) is 35.9 Å². The van der Waals surface area contributed by atoms with Crippen molar-refractivity contribution in [1.29, 1.82) is 0 Å². The molecule has 2 aliphatic rings. The minimum atomic E-state index is -0.0182. The van der Waals surface area contributed by atoms with E-state index in [0.717, 1.165) is 65.0 Å². The largest absolute Gasteiger partial charge is 0.382 e. The maximum atomic E-state index is 6.72. The number of pyridine rings is 2. The maximum Gasteiger partial charge on any atom is 0.211 e. The fourth-order valence-electron chi connectivity index (χ4n) is 5.19. The zero-order valence-electron chi connectivity index (χ0n) is 18.4. The summed E-state index contributed by atoms with van der Waals surface area (Å²) < 4.78 is 2.03. The topological polar surface area (TPSA) is 111 Å². The Morgan fingerprint density at radius 2 is 1.91 bits per heavy atom. The van der Waals surface area contributed by atoms with Crippen LogP contribution in [0.25, 0.3) is 5.65 Å². The molecule has 0 aromatic carbocycles. The van der Waals surface area contributed by atoms with Crippen molar-refractivity contribution < 1.29 is 0 Å². The van der Waals surface area contributed by atoms with Crippen LogP contribution >= 0.6 is 23.4 Å². The van der Waals surface area contributed by atoms with Gasteiger partial charge in [-0.1, -0.05) is 35.5 Å². The highest BCUT2D eigenvalue weighted by Crippen LogP contribution is 2.50. The third-order valence-electron chi connectivity index (χ3n) is 7.06. The molecule has 1 unspecified atom stereocenters. The summed E-state index contributed by atoms with van der Waals surface area (Å²) in [5.74, 6) is 1.18. The summed E-state index contributed by atoms with van der Waals surface area (Å²) in [5, 5.41) is 0.438. The minimum Gasteiger partial charge on any atom is -0.382 e. The number of fused-ring (bicyclic) bond motifs is 2. The Morgan fingerprint density at radius 1 is 1.09 bits per heavy atom. The number of piperidine rings is 1. The molecule has 4 aromatic heterocycles. The van der Waals surface area contributed by atoms with Crippen molar-refractivity contribution in [3.05, 3.63) is 59.3 Å². The van der Waals surface area contributed by atoms with Gasteiger partial charge in [0.2, 0.25) is 5.95 Å². The van der Waals surface area contributed by atoms with Gasteiger partial charge in [0.1, 0.15) is 13.7 Å². The average Bonchev–Trinajstić information content (AvgIpc) is 3.42. The summed E-state index contributed by atoms with van der Waals surface area (Å²) in [6.07, 6.45) is 10.0. The highest BCUT2D eigenvalue weighted by molar-refractivity contribution is 7.99. The Labute approximate surface area is 207 Å². The van der Waals surface area contributed by atoms with E-state index in [-0.39, 0.29) is 11.5 Å². The van der Waals surface area contributed by atoms with Gasteiger partial charge in [-0.05, 0) is 41.9 Å². The first-order valence-electron chi connectivity index (χ1n) is 11.1. The van der Waals surface area contributed by atoms with Crippen LogP contribution in [-0.4, -0.2) is 45.3 Å². The van der Waals surface area contributed by atoms with Crippen LogP contribution in [0.3, 0.4) is 0 Å². The van der Waals surface area contributed by atoms with Crippen molar-refractivity contribution in [2.24, 2.45) is 11.1 Å². The van der Waals surface area contributed by atoms with Gasteiger partial charge >= 0.3 is 0 Å². The zero-order valence-corrected chi connectivity index (χ0v) is 19.9. The van der Waals surface area contributed by atoms with Crippen LogP contribution in [0, 0.1) is 5.41 Å². The van der Waals surface area contributed by atoms with E-state index in [2.05, 4.69) is 19.9 Å². The van der Waals surface area contributed by atoms with E-state index < -0.39 is 0 Å². The monoisotopic (exact) mass is 488 g/mol. The van der Waals surface area contributed by atoms with Gasteiger partial charge in [0.15, 0.2) is 5.65 Å². The van der Waals surface area contributed by atoms with Gasteiger partial charge in [-0.25, -0.2) is 15.0 Å². The molecule has 0 saturated carbocycles. The average molecular weight is 489 g/mol. The van der Waals surface area contributed by atoms with Crippen molar-refractivity contribution in [3.8, 4) is 0 Å². The molecule has 5 heterocycles. The molecule has 34 heavy (non-hydrogen) atoms. The molecule has 0 amide bonds. The second-order valence-electron chi connectivity index (χ2n) is 8.93. The van der Waals surface area contributed by atoms with Crippen LogP contribution in [-0.2, 0) is 6.42 Å². The van der Waals surface area contributed by atoms with Crippen LogP contribution in [0.15, 0.2) is 52.8 Å². The summed E-state index contributed by atoms with van der Waals surface area (Å²) in [7, 11) is 5.92. The number of hydrogen-bond acceptors (Lipinski definition) is 8. The number of halogens is 1. The Bertz CT molecular complexity index is 1400. The van der Waals surface area contributed by atoms with E-state index >= 15 is 0 Å². The van der Waals surface area contributed by atoms with Gasteiger partial charge in [-0.15, -0.1) is 0 Å². The van der Waals surface area contributed by atoms with Gasteiger partial charge in [-0.3, -0.25) is 9.38 Å². The van der Waals surface area contributed by atoms with E-state index in [1.54, 1.807) is 12.4 Å². The zero-order chi connectivity index (χ0) is 23.4. The number of imidazole rings is 1. The lowest BCUT2D eigenvalue weighted by molar-refractivity contribution is 0.186. The van der Waals surface area contributed by atoms with Crippen LogP contribution in [0.4, 0.5) is 11.8 Å². The summed E-state index contributed by atoms with van der Waals surface area (Å²) in [6.45, 7) is 1.72. The first-order valence-corrected chi connectivity index (χ1v) is 12.3. The number of aromatic nitrogens is 5. The molecule has 4 aromatic rings. The SMILES string of the molecule is [B]c1ccc2c(n1)CC1(CCN(c3ncc(Sc4ccnc(N)c4Cl)c4nccn34)CC1)C2N. The molecule has 4 N–H and O–H groups in total. The molecule has 1 spiro atoms. The van der Waals surface area contributed by atoms with E-state index in [9.17, 15) is 0 Å². The number of nitrogens with two attached hydrogens (primary N) is 2. The number of anilines is 2. The Kier molecular flexibility index (Phi) is 5.20. The van der Waals surface area contributed by atoms with Crippen molar-refractivity contribution in [1.82, 2.24) is 24.3 Å². The predicted molar refractivity (Wildman–Crippen MR) is 135 cm³/mol. The quantitative estimate of drug-likeness (QED) is 0.423. The van der Waals surface area contributed by atoms with E-state index in [0.29, 0.717) is 16.4 Å². The number of nitrogen functional groups attached to an aromatic ring is 1. The van der Waals surface area contributed by atoms with Crippen LogP contribution < -0.4 is 22.0 Å². The molecule has 1 fully saturated rings. The molecule has 170 valence electrons. The van der Waals surface area contributed by atoms with E-state index in [1.807, 2.05) is 35.0 Å². The van der Waals surface area contributed by atoms with Crippen molar-refractivity contribution in [2.45, 2.75) is 35.1 Å². The lowest BCUT2D eigenvalue weighted by atomic mass is 9.73. The molecular formula is C23H22BClN8S. The standard InChI is InChI=1S/C23H22BClN8S/c24-17-2-1-13-14(31-17)11-23(19(13)26)4-8-32(9-5-23)22-30-12-16(21-29-7-10-33(21)22)34-15-3-6-28-20(27)18(15)25/h1-3,6-7,10,12,19H,4-5,8-9,11,26H2,(H2,27,28). The molecule has 1 aliphatic heterocycles.